The minimum atomic E-state index is -1.28. The van der Waals surface area contributed by atoms with E-state index in [9.17, 15) is 19.2 Å². The Bertz CT molecular complexity index is 576. The lowest BCUT2D eigenvalue weighted by Crippen LogP contribution is -2.27. The second kappa shape index (κ2) is 15.3. The Hall–Kier alpha value is -2.98. The normalized spacial score (nSPS) is 12.4. The molecule has 1 unspecified atom stereocenters. The van der Waals surface area contributed by atoms with E-state index in [2.05, 4.69) is 9.47 Å². The number of hydrogen-bond acceptors (Lipinski definition) is 9. The second-order valence-corrected chi connectivity index (χ2v) is 4.65. The number of ether oxygens (including phenoxy) is 5. The molecule has 0 rings (SSSR count). The standard InChI is InChI=1S/C17H22O10/c1-23-15(20)5-3-9-25-11-13(26-10-4-6-16(21)24-2)12-27-17(22)8-7-14(18)19/h3-8,13H,9-12H2,1-2H3,(H,18,19)/b5-3+,6-4+,8-7+. The Morgan fingerprint density at radius 2 is 1.41 bits per heavy atom. The number of rotatable bonds is 13. The second-order valence-electron chi connectivity index (χ2n) is 4.65. The van der Waals surface area contributed by atoms with Crippen LogP contribution < -0.4 is 0 Å². The van der Waals surface area contributed by atoms with Crippen LogP contribution in [-0.4, -0.2) is 75.7 Å². The number of carboxylic acids is 1. The topological polar surface area (TPSA) is 135 Å². The maximum Gasteiger partial charge on any atom is 0.331 e. The summed E-state index contributed by atoms with van der Waals surface area (Å²) in [6, 6.07) is 0. The predicted molar refractivity (Wildman–Crippen MR) is 90.6 cm³/mol. The van der Waals surface area contributed by atoms with E-state index in [1.54, 1.807) is 0 Å². The first-order chi connectivity index (χ1) is 12.9. The Balaban J connectivity index is 4.46. The average molecular weight is 386 g/mol. The molecule has 0 saturated heterocycles. The molecular weight excluding hydrogens is 364 g/mol. The van der Waals surface area contributed by atoms with Crippen LogP contribution >= 0.6 is 0 Å². The van der Waals surface area contributed by atoms with Crippen molar-refractivity contribution in [1.29, 1.82) is 0 Å². The Morgan fingerprint density at radius 1 is 0.815 bits per heavy atom. The van der Waals surface area contributed by atoms with Crippen LogP contribution in [0.3, 0.4) is 0 Å². The smallest absolute Gasteiger partial charge is 0.331 e. The van der Waals surface area contributed by atoms with Gasteiger partial charge in [-0.1, -0.05) is 12.2 Å². The number of carbonyl (C=O) groups is 4. The molecule has 0 aromatic rings. The van der Waals surface area contributed by atoms with Gasteiger partial charge in [0.2, 0.25) is 0 Å². The molecule has 10 heteroatoms. The van der Waals surface area contributed by atoms with Gasteiger partial charge in [0.15, 0.2) is 0 Å². The van der Waals surface area contributed by atoms with Crippen molar-refractivity contribution in [3.05, 3.63) is 36.5 Å². The summed E-state index contributed by atoms with van der Waals surface area (Å²) in [5.74, 6) is -3.22. The molecule has 1 atom stereocenters. The molecule has 0 aliphatic heterocycles. The van der Waals surface area contributed by atoms with Crippen LogP contribution in [0.5, 0.6) is 0 Å². The van der Waals surface area contributed by atoms with Gasteiger partial charge in [0.1, 0.15) is 12.7 Å². The fourth-order valence-corrected chi connectivity index (χ4v) is 1.39. The minimum Gasteiger partial charge on any atom is -0.478 e. The van der Waals surface area contributed by atoms with Gasteiger partial charge in [-0.25, -0.2) is 19.2 Å². The van der Waals surface area contributed by atoms with Crippen LogP contribution in [0.25, 0.3) is 0 Å². The Labute approximate surface area is 156 Å². The third-order valence-corrected chi connectivity index (χ3v) is 2.63. The maximum absolute atomic E-state index is 11.4. The van der Waals surface area contributed by atoms with Gasteiger partial charge in [-0.15, -0.1) is 0 Å². The van der Waals surface area contributed by atoms with Gasteiger partial charge in [0, 0.05) is 24.3 Å². The van der Waals surface area contributed by atoms with E-state index in [-0.39, 0.29) is 26.4 Å². The first-order valence-electron chi connectivity index (χ1n) is 7.65. The molecule has 0 saturated carbocycles. The van der Waals surface area contributed by atoms with Gasteiger partial charge in [-0.05, 0) is 0 Å². The Morgan fingerprint density at radius 3 is 1.96 bits per heavy atom. The van der Waals surface area contributed by atoms with E-state index >= 15 is 0 Å². The van der Waals surface area contributed by atoms with Crippen LogP contribution in [0, 0.1) is 0 Å². The Kier molecular flexibility index (Phi) is 13.6. The lowest BCUT2D eigenvalue weighted by atomic mass is 10.4. The third kappa shape index (κ3) is 15.0. The fraction of sp³-hybridized carbons (Fsp3) is 0.412. The number of carboxylic acid groups (broad SMARTS) is 1. The van der Waals surface area contributed by atoms with E-state index in [1.165, 1.54) is 38.5 Å². The van der Waals surface area contributed by atoms with Crippen LogP contribution in [0.1, 0.15) is 0 Å². The molecular formula is C17H22O10. The van der Waals surface area contributed by atoms with E-state index in [0.717, 1.165) is 6.08 Å². The summed E-state index contributed by atoms with van der Waals surface area (Å²) in [6.45, 7) is -0.105. The zero-order valence-corrected chi connectivity index (χ0v) is 15.0. The summed E-state index contributed by atoms with van der Waals surface area (Å²) in [6.07, 6.45) is 5.90. The van der Waals surface area contributed by atoms with Gasteiger partial charge >= 0.3 is 23.9 Å². The highest BCUT2D eigenvalue weighted by Crippen LogP contribution is 1.98. The largest absolute Gasteiger partial charge is 0.478 e. The minimum absolute atomic E-state index is 0.00744. The lowest BCUT2D eigenvalue weighted by molar-refractivity contribution is -0.144. The highest BCUT2D eigenvalue weighted by atomic mass is 16.6. The molecule has 0 bridgehead atoms. The van der Waals surface area contributed by atoms with E-state index in [1.807, 2.05) is 0 Å². The van der Waals surface area contributed by atoms with Gasteiger partial charge in [0.05, 0.1) is 34.0 Å². The molecule has 27 heavy (non-hydrogen) atoms. The maximum atomic E-state index is 11.4. The lowest BCUT2D eigenvalue weighted by Gasteiger charge is -2.16. The summed E-state index contributed by atoms with van der Waals surface area (Å²) in [5.41, 5.74) is 0. The molecule has 0 aromatic carbocycles. The molecule has 0 aliphatic carbocycles. The molecule has 10 nitrogen and oxygen atoms in total. The highest BCUT2D eigenvalue weighted by Gasteiger charge is 2.12. The van der Waals surface area contributed by atoms with Crippen molar-refractivity contribution in [2.75, 3.05) is 40.6 Å². The summed E-state index contributed by atoms with van der Waals surface area (Å²) < 4.78 is 24.4. The number of methoxy groups -OCH3 is 2. The van der Waals surface area contributed by atoms with Crippen molar-refractivity contribution in [1.82, 2.24) is 0 Å². The summed E-state index contributed by atoms with van der Waals surface area (Å²) in [4.78, 5) is 43.6. The predicted octanol–water partition coefficient (Wildman–Crippen LogP) is 0.0306. The number of esters is 3. The van der Waals surface area contributed by atoms with Gasteiger partial charge in [0.25, 0.3) is 0 Å². The quantitative estimate of drug-likeness (QED) is 0.200. The molecule has 1 N–H and O–H groups in total. The molecule has 0 spiro atoms. The molecule has 0 aromatic heterocycles. The van der Waals surface area contributed by atoms with Crippen LogP contribution in [-0.2, 0) is 42.9 Å². The van der Waals surface area contributed by atoms with Crippen molar-refractivity contribution in [2.45, 2.75) is 6.10 Å². The molecule has 0 fully saturated rings. The van der Waals surface area contributed by atoms with Crippen molar-refractivity contribution in [3.63, 3.8) is 0 Å². The third-order valence-electron chi connectivity index (χ3n) is 2.63. The average Bonchev–Trinajstić information content (AvgIpc) is 2.65. The van der Waals surface area contributed by atoms with Crippen molar-refractivity contribution >= 4 is 23.9 Å². The van der Waals surface area contributed by atoms with E-state index in [4.69, 9.17) is 19.3 Å². The SMILES string of the molecule is COC(=O)/C=C/COCC(COC(=O)/C=C/C(=O)O)OC/C=C/C(=O)OC. The molecule has 150 valence electrons. The van der Waals surface area contributed by atoms with Crippen molar-refractivity contribution < 1.29 is 48.0 Å². The highest BCUT2D eigenvalue weighted by molar-refractivity contribution is 5.90. The van der Waals surface area contributed by atoms with Crippen LogP contribution in [0.4, 0.5) is 0 Å². The summed E-state index contributed by atoms with van der Waals surface area (Å²) in [7, 11) is 2.47. The van der Waals surface area contributed by atoms with Gasteiger partial charge < -0.3 is 28.8 Å². The van der Waals surface area contributed by atoms with Gasteiger partial charge in [-0.2, -0.15) is 0 Å². The first-order valence-corrected chi connectivity index (χ1v) is 7.65. The van der Waals surface area contributed by atoms with Crippen LogP contribution in [0.2, 0.25) is 0 Å². The molecule has 0 heterocycles. The molecule has 0 aliphatic rings. The van der Waals surface area contributed by atoms with Gasteiger partial charge in [-0.3, -0.25) is 0 Å². The zero-order chi connectivity index (χ0) is 20.5. The number of carbonyl (C=O) groups excluding carboxylic acids is 3. The fourth-order valence-electron chi connectivity index (χ4n) is 1.39. The number of hydrogen-bond donors (Lipinski definition) is 1. The van der Waals surface area contributed by atoms with Crippen molar-refractivity contribution in [3.8, 4) is 0 Å². The van der Waals surface area contributed by atoms with Crippen molar-refractivity contribution in [2.24, 2.45) is 0 Å². The number of aliphatic carboxylic acids is 1. The zero-order valence-electron chi connectivity index (χ0n) is 15.0. The van der Waals surface area contributed by atoms with Crippen LogP contribution in [0.15, 0.2) is 36.5 Å². The first kappa shape index (κ1) is 24.0. The van der Waals surface area contributed by atoms with E-state index in [0.29, 0.717) is 6.08 Å². The molecule has 0 amide bonds. The van der Waals surface area contributed by atoms with E-state index < -0.39 is 30.0 Å². The monoisotopic (exact) mass is 386 g/mol. The summed E-state index contributed by atoms with van der Waals surface area (Å²) >= 11 is 0. The molecule has 0 radical (unpaired) electrons. The summed E-state index contributed by atoms with van der Waals surface area (Å²) in [5, 5.41) is 8.45.